The molecule has 0 saturated heterocycles. The maximum Gasteiger partial charge on any atom is 0.346 e. The van der Waals surface area contributed by atoms with E-state index in [0.29, 0.717) is 0 Å². The molecule has 0 aliphatic rings. The maximum absolute atomic E-state index is 10.9. The Balaban J connectivity index is 2.18. The molecule has 0 spiro atoms. The van der Waals surface area contributed by atoms with Gasteiger partial charge in [-0.25, -0.2) is 15.3 Å². The number of nitrogens with zero attached hydrogens (tertiary/aromatic N) is 1. The summed E-state index contributed by atoms with van der Waals surface area (Å²) in [6.45, 7) is -0.141. The second kappa shape index (κ2) is 5.12. The molecule has 1 rings (SSSR count). The molecule has 0 bridgehead atoms. The largest absolute Gasteiger partial charge is 0.432 e. The molecule has 72 valence electrons. The van der Waals surface area contributed by atoms with Gasteiger partial charge in [-0.3, -0.25) is 10.2 Å². The lowest BCUT2D eigenvalue weighted by molar-refractivity contribution is 0.0399. The van der Waals surface area contributed by atoms with Gasteiger partial charge in [0.05, 0.1) is 19.4 Å². The number of hydrogen-bond acceptors (Lipinski definition) is 5. The van der Waals surface area contributed by atoms with E-state index < -0.39 is 6.03 Å². The molecule has 2 amide bonds. The molecule has 0 unspecified atom stereocenters. The van der Waals surface area contributed by atoms with Gasteiger partial charge in [-0.2, -0.15) is 0 Å². The first-order valence-electron chi connectivity index (χ1n) is 3.52. The van der Waals surface area contributed by atoms with Gasteiger partial charge in [-0.1, -0.05) is 0 Å². The molecular weight excluding hydrogens is 178 g/mol. The summed E-state index contributed by atoms with van der Waals surface area (Å²) in [5, 5.41) is 10.6. The number of aromatic nitrogens is 1. The molecular formula is C6H9N3O4. The Morgan fingerprint density at radius 3 is 3.23 bits per heavy atom. The normalized spacial score (nSPS) is 9.62. The van der Waals surface area contributed by atoms with E-state index in [1.165, 1.54) is 12.5 Å². The molecule has 7 nitrogen and oxygen atoms in total. The first-order valence-corrected chi connectivity index (χ1v) is 3.52. The van der Waals surface area contributed by atoms with Gasteiger partial charge in [0.15, 0.2) is 0 Å². The fourth-order valence-electron chi connectivity index (χ4n) is 0.570. The highest BCUT2D eigenvalue weighted by atomic mass is 16.7. The van der Waals surface area contributed by atoms with Crippen LogP contribution in [0.3, 0.4) is 0 Å². The summed E-state index contributed by atoms with van der Waals surface area (Å²) >= 11 is 0. The topological polar surface area (TPSA) is 96.6 Å². The Labute approximate surface area is 73.7 Å². The average molecular weight is 187 g/mol. The summed E-state index contributed by atoms with van der Waals surface area (Å²) in [5.41, 5.74) is 2.01. The number of aliphatic hydroxyl groups is 1. The quantitative estimate of drug-likeness (QED) is 0.445. The van der Waals surface area contributed by atoms with Crippen molar-refractivity contribution in [2.24, 2.45) is 0 Å². The van der Waals surface area contributed by atoms with E-state index in [1.54, 1.807) is 0 Å². The van der Waals surface area contributed by atoms with Crippen molar-refractivity contribution in [3.05, 3.63) is 12.5 Å². The van der Waals surface area contributed by atoms with E-state index in [2.05, 4.69) is 15.1 Å². The van der Waals surface area contributed by atoms with Crippen LogP contribution in [-0.2, 0) is 4.84 Å². The minimum absolute atomic E-state index is 0.0268. The molecule has 3 N–H and O–H groups in total. The number of aliphatic hydroxyl groups excluding tert-OH is 1. The zero-order valence-electron chi connectivity index (χ0n) is 6.69. The van der Waals surface area contributed by atoms with Gasteiger partial charge >= 0.3 is 12.0 Å². The summed E-state index contributed by atoms with van der Waals surface area (Å²) in [7, 11) is 0. The van der Waals surface area contributed by atoms with E-state index in [4.69, 9.17) is 9.52 Å². The Hall–Kier alpha value is -1.60. The number of carbonyl (C=O) groups is 1. The second-order valence-corrected chi connectivity index (χ2v) is 1.97. The van der Waals surface area contributed by atoms with Crippen LogP contribution in [-0.4, -0.2) is 29.3 Å². The number of nitrogens with one attached hydrogen (secondary N) is 2. The Bertz CT molecular complexity index is 248. The molecule has 0 aromatic carbocycles. The van der Waals surface area contributed by atoms with Crippen LogP contribution in [0.4, 0.5) is 10.8 Å². The van der Waals surface area contributed by atoms with E-state index in [1.807, 2.05) is 5.48 Å². The third-order valence-electron chi connectivity index (χ3n) is 1.01. The van der Waals surface area contributed by atoms with Crippen molar-refractivity contribution >= 4 is 12.0 Å². The molecule has 0 radical (unpaired) electrons. The van der Waals surface area contributed by atoms with E-state index in [0.717, 1.165) is 0 Å². The fraction of sp³-hybridized carbons (Fsp3) is 0.333. The lowest BCUT2D eigenvalue weighted by Crippen LogP contribution is -2.29. The molecule has 1 heterocycles. The van der Waals surface area contributed by atoms with Gasteiger partial charge in [0.1, 0.15) is 6.26 Å². The molecule has 13 heavy (non-hydrogen) atoms. The lowest BCUT2D eigenvalue weighted by atomic mass is 10.8. The summed E-state index contributed by atoms with van der Waals surface area (Å²) in [5.74, 6) is 0. The highest BCUT2D eigenvalue weighted by Crippen LogP contribution is 1.99. The predicted octanol–water partition coefficient (Wildman–Crippen LogP) is -0.280. The fourth-order valence-corrected chi connectivity index (χ4v) is 0.570. The van der Waals surface area contributed by atoms with Crippen LogP contribution in [0.5, 0.6) is 0 Å². The van der Waals surface area contributed by atoms with Crippen LogP contribution >= 0.6 is 0 Å². The number of oxazole rings is 1. The van der Waals surface area contributed by atoms with Crippen LogP contribution in [0, 0.1) is 0 Å². The number of hydroxylamine groups is 1. The summed E-state index contributed by atoms with van der Waals surface area (Å²) < 4.78 is 4.72. The summed E-state index contributed by atoms with van der Waals surface area (Å²) in [4.78, 5) is 19.0. The highest BCUT2D eigenvalue weighted by Gasteiger charge is 2.03. The zero-order valence-corrected chi connectivity index (χ0v) is 6.69. The monoisotopic (exact) mass is 187 g/mol. The molecule has 0 atom stereocenters. The number of urea groups is 1. The molecule has 1 aromatic heterocycles. The number of anilines is 1. The maximum atomic E-state index is 10.9. The summed E-state index contributed by atoms with van der Waals surface area (Å²) in [6.07, 6.45) is 2.72. The minimum Gasteiger partial charge on any atom is -0.432 e. The number of hydrogen-bond donors (Lipinski definition) is 3. The van der Waals surface area contributed by atoms with Crippen LogP contribution < -0.4 is 10.8 Å². The number of amides is 2. The molecule has 0 fully saturated rings. The van der Waals surface area contributed by atoms with Gasteiger partial charge in [0, 0.05) is 0 Å². The Kier molecular flexibility index (Phi) is 3.74. The molecule has 7 heteroatoms. The van der Waals surface area contributed by atoms with Crippen molar-refractivity contribution in [2.75, 3.05) is 18.5 Å². The van der Waals surface area contributed by atoms with Crippen molar-refractivity contribution in [3.63, 3.8) is 0 Å². The SMILES string of the molecule is O=C(NOCCO)Nc1ncco1. The zero-order chi connectivity index (χ0) is 9.52. The highest BCUT2D eigenvalue weighted by molar-refractivity contribution is 5.85. The lowest BCUT2D eigenvalue weighted by Gasteiger charge is -2.02. The van der Waals surface area contributed by atoms with Crippen LogP contribution in [0.1, 0.15) is 0 Å². The molecule has 0 saturated carbocycles. The van der Waals surface area contributed by atoms with Crippen molar-refractivity contribution in [1.82, 2.24) is 10.5 Å². The molecule has 0 aliphatic heterocycles. The minimum atomic E-state index is -0.615. The summed E-state index contributed by atoms with van der Waals surface area (Å²) in [6, 6.07) is -0.541. The van der Waals surface area contributed by atoms with E-state index in [9.17, 15) is 4.79 Å². The van der Waals surface area contributed by atoms with Gasteiger partial charge in [0.2, 0.25) is 0 Å². The van der Waals surface area contributed by atoms with Gasteiger partial charge < -0.3 is 9.52 Å². The van der Waals surface area contributed by atoms with Crippen LogP contribution in [0.25, 0.3) is 0 Å². The van der Waals surface area contributed by atoms with Crippen LogP contribution in [0.15, 0.2) is 16.9 Å². The first-order chi connectivity index (χ1) is 6.33. The smallest absolute Gasteiger partial charge is 0.346 e. The van der Waals surface area contributed by atoms with Crippen molar-refractivity contribution in [3.8, 4) is 0 Å². The predicted molar refractivity (Wildman–Crippen MR) is 41.7 cm³/mol. The third kappa shape index (κ3) is 3.54. The Morgan fingerprint density at radius 2 is 2.62 bits per heavy atom. The Morgan fingerprint density at radius 1 is 1.77 bits per heavy atom. The number of carbonyl (C=O) groups excluding carboxylic acids is 1. The van der Waals surface area contributed by atoms with Crippen molar-refractivity contribution < 1.29 is 19.2 Å². The van der Waals surface area contributed by atoms with Gasteiger partial charge in [-0.15, -0.1) is 0 Å². The van der Waals surface area contributed by atoms with E-state index in [-0.39, 0.29) is 19.2 Å². The molecule has 1 aromatic rings. The standard InChI is InChI=1S/C6H9N3O4/c10-2-4-13-9-5(11)8-6-7-1-3-12-6/h1,3,10H,2,4H2,(H2,7,8,9,11). The second-order valence-electron chi connectivity index (χ2n) is 1.97. The third-order valence-corrected chi connectivity index (χ3v) is 1.01. The van der Waals surface area contributed by atoms with Crippen molar-refractivity contribution in [2.45, 2.75) is 0 Å². The number of rotatable bonds is 4. The van der Waals surface area contributed by atoms with Gasteiger partial charge in [-0.05, 0) is 0 Å². The average Bonchev–Trinajstić information content (AvgIpc) is 2.57. The van der Waals surface area contributed by atoms with E-state index >= 15 is 0 Å². The van der Waals surface area contributed by atoms with Gasteiger partial charge in [0.25, 0.3) is 0 Å². The molecule has 0 aliphatic carbocycles. The van der Waals surface area contributed by atoms with Crippen molar-refractivity contribution in [1.29, 1.82) is 0 Å². The van der Waals surface area contributed by atoms with Crippen LogP contribution in [0.2, 0.25) is 0 Å². The first kappa shape index (κ1) is 9.49.